The number of nitrogens with zero attached hydrogens (tertiary/aromatic N) is 4. The van der Waals surface area contributed by atoms with Gasteiger partial charge in [-0.1, -0.05) is 90.3 Å². The molecule has 39 heavy (non-hydrogen) atoms. The maximum atomic E-state index is 12.6. The Morgan fingerprint density at radius 3 is 1.92 bits per heavy atom. The van der Waals surface area contributed by atoms with Gasteiger partial charge in [-0.15, -0.1) is 20.4 Å². The van der Waals surface area contributed by atoms with E-state index in [1.165, 1.54) is 29.6 Å². The summed E-state index contributed by atoms with van der Waals surface area (Å²) in [6.45, 7) is 3.11. The van der Waals surface area contributed by atoms with Crippen molar-refractivity contribution < 1.29 is 19.8 Å². The van der Waals surface area contributed by atoms with Gasteiger partial charge in [-0.05, 0) is 30.9 Å². The second-order valence-corrected chi connectivity index (χ2v) is 11.4. The number of hydrogen-bond donors (Lipinski definition) is 4. The number of rotatable bonds is 12. The van der Waals surface area contributed by atoms with Crippen LogP contribution >= 0.6 is 22.7 Å². The first-order chi connectivity index (χ1) is 18.7. The average molecular weight is 567 g/mol. The molecule has 0 bridgehead atoms. The lowest BCUT2D eigenvalue weighted by atomic mass is 9.95. The summed E-state index contributed by atoms with van der Waals surface area (Å²) in [6.07, 6.45) is 2.12. The van der Waals surface area contributed by atoms with Gasteiger partial charge in [0, 0.05) is 12.8 Å². The molecule has 3 atom stereocenters. The van der Waals surface area contributed by atoms with Crippen molar-refractivity contribution in [3.8, 4) is 0 Å². The fraction of sp³-hybridized carbons (Fsp3) is 0.333. The highest BCUT2D eigenvalue weighted by molar-refractivity contribution is 7.15. The van der Waals surface area contributed by atoms with Crippen molar-refractivity contribution in [3.63, 3.8) is 0 Å². The fourth-order valence-corrected chi connectivity index (χ4v) is 5.34. The zero-order valence-corrected chi connectivity index (χ0v) is 23.2. The Morgan fingerprint density at radius 1 is 0.846 bits per heavy atom. The number of hydrogen-bond acceptors (Lipinski definition) is 10. The molecule has 12 heteroatoms. The zero-order valence-electron chi connectivity index (χ0n) is 21.6. The van der Waals surface area contributed by atoms with Crippen molar-refractivity contribution in [1.82, 2.24) is 20.4 Å². The Morgan fingerprint density at radius 2 is 1.36 bits per heavy atom. The Bertz CT molecular complexity index is 1380. The molecule has 0 fully saturated rings. The molecule has 0 aliphatic carbocycles. The van der Waals surface area contributed by atoms with Crippen LogP contribution in [0.25, 0.3) is 0 Å². The van der Waals surface area contributed by atoms with E-state index in [9.17, 15) is 19.8 Å². The quantitative estimate of drug-likeness (QED) is 0.187. The van der Waals surface area contributed by atoms with Gasteiger partial charge < -0.3 is 15.5 Å². The normalized spacial score (nSPS) is 14.3. The first kappa shape index (κ1) is 28.4. The van der Waals surface area contributed by atoms with Gasteiger partial charge >= 0.3 is 0 Å². The molecule has 2 amide bonds. The minimum absolute atomic E-state index is 0.321. The van der Waals surface area contributed by atoms with Gasteiger partial charge in [-0.25, -0.2) is 0 Å². The number of anilines is 2. The van der Waals surface area contributed by atoms with E-state index < -0.39 is 23.5 Å². The molecule has 10 nitrogen and oxygen atoms in total. The summed E-state index contributed by atoms with van der Waals surface area (Å²) in [6, 6.07) is 17.8. The van der Waals surface area contributed by atoms with E-state index in [1.807, 2.05) is 24.3 Å². The highest BCUT2D eigenvalue weighted by Crippen LogP contribution is 2.26. The molecule has 0 radical (unpaired) electrons. The van der Waals surface area contributed by atoms with E-state index in [4.69, 9.17) is 0 Å². The third kappa shape index (κ3) is 7.51. The molecule has 0 spiro atoms. The Hall–Kier alpha value is -3.58. The molecule has 4 rings (SSSR count). The summed E-state index contributed by atoms with van der Waals surface area (Å²) in [5, 5.41) is 45.2. The van der Waals surface area contributed by atoms with Gasteiger partial charge in [0.05, 0.1) is 12.0 Å². The third-order valence-corrected chi connectivity index (χ3v) is 8.02. The number of aliphatic hydroxyl groups excluding tert-OH is 1. The van der Waals surface area contributed by atoms with E-state index in [0.717, 1.165) is 22.9 Å². The van der Waals surface area contributed by atoms with Crippen LogP contribution in [0.15, 0.2) is 60.7 Å². The monoisotopic (exact) mass is 566 g/mol. The second kappa shape index (κ2) is 13.0. The van der Waals surface area contributed by atoms with Crippen LogP contribution in [0.1, 0.15) is 53.9 Å². The number of aliphatic hydroxyl groups is 2. The summed E-state index contributed by atoms with van der Waals surface area (Å²) >= 11 is 2.59. The van der Waals surface area contributed by atoms with Gasteiger partial charge in [-0.3, -0.25) is 14.9 Å². The zero-order chi connectivity index (χ0) is 27.8. The van der Waals surface area contributed by atoms with E-state index in [-0.39, 0.29) is 5.91 Å². The molecule has 4 aromatic rings. The average Bonchev–Trinajstić information content (AvgIpc) is 3.60. The van der Waals surface area contributed by atoms with Crippen molar-refractivity contribution >= 4 is 44.8 Å². The van der Waals surface area contributed by atoms with Gasteiger partial charge in [0.15, 0.2) is 5.60 Å². The highest BCUT2D eigenvalue weighted by atomic mass is 32.1. The van der Waals surface area contributed by atoms with Crippen LogP contribution < -0.4 is 10.6 Å². The summed E-state index contributed by atoms with van der Waals surface area (Å²) in [4.78, 5) is 25.2. The van der Waals surface area contributed by atoms with Gasteiger partial charge in [0.25, 0.3) is 5.91 Å². The number of carbonyl (C=O) groups excluding carboxylic acids is 2. The van der Waals surface area contributed by atoms with Crippen molar-refractivity contribution in [2.75, 3.05) is 10.6 Å². The van der Waals surface area contributed by atoms with Gasteiger partial charge in [-0.2, -0.15) is 0 Å². The number of benzene rings is 2. The first-order valence-corrected chi connectivity index (χ1v) is 14.2. The topological polar surface area (TPSA) is 150 Å². The van der Waals surface area contributed by atoms with Crippen molar-refractivity contribution in [2.24, 2.45) is 5.92 Å². The van der Waals surface area contributed by atoms with Gasteiger partial charge in [0.1, 0.15) is 10.0 Å². The summed E-state index contributed by atoms with van der Waals surface area (Å²) in [5.41, 5.74) is -0.514. The maximum Gasteiger partial charge on any atom is 0.262 e. The van der Waals surface area contributed by atoms with Crippen LogP contribution in [0, 0.1) is 5.92 Å². The minimum atomic E-state index is -1.69. The van der Waals surface area contributed by atoms with E-state index >= 15 is 0 Å². The largest absolute Gasteiger partial charge is 0.388 e. The van der Waals surface area contributed by atoms with E-state index in [0.29, 0.717) is 34.2 Å². The lowest BCUT2D eigenvalue weighted by Gasteiger charge is -2.21. The number of carbonyl (C=O) groups is 2. The van der Waals surface area contributed by atoms with Crippen LogP contribution in [0.2, 0.25) is 0 Å². The first-order valence-electron chi connectivity index (χ1n) is 12.5. The van der Waals surface area contributed by atoms with Gasteiger partial charge in [0.2, 0.25) is 16.2 Å². The molecule has 2 aromatic carbocycles. The SMILES string of the molecule is CC(C(=O)Nc1nnc(CCCCc2nnc(NC(=O)C(C)(O)c3ccccc3)s2)s1)C(O)c1ccccc1. The van der Waals surface area contributed by atoms with Crippen molar-refractivity contribution in [1.29, 1.82) is 0 Å². The summed E-state index contributed by atoms with van der Waals surface area (Å²) in [7, 11) is 0. The predicted octanol–water partition coefficient (Wildman–Crippen LogP) is 4.11. The second-order valence-electron chi connectivity index (χ2n) is 9.23. The van der Waals surface area contributed by atoms with Crippen LogP contribution in [-0.2, 0) is 28.0 Å². The minimum Gasteiger partial charge on any atom is -0.388 e. The van der Waals surface area contributed by atoms with Crippen LogP contribution in [0.4, 0.5) is 10.3 Å². The molecule has 0 saturated heterocycles. The number of amides is 2. The molecule has 3 unspecified atom stereocenters. The third-order valence-electron chi connectivity index (χ3n) is 6.22. The lowest BCUT2D eigenvalue weighted by molar-refractivity contribution is -0.133. The number of nitrogens with one attached hydrogen (secondary N) is 2. The molecular formula is C27H30N6O4S2. The molecular weight excluding hydrogens is 536 g/mol. The maximum absolute atomic E-state index is 12.6. The predicted molar refractivity (Wildman–Crippen MR) is 150 cm³/mol. The van der Waals surface area contributed by atoms with Crippen LogP contribution in [0.5, 0.6) is 0 Å². The Kier molecular flexibility index (Phi) is 9.46. The van der Waals surface area contributed by atoms with Crippen molar-refractivity contribution in [2.45, 2.75) is 51.2 Å². The molecule has 4 N–H and O–H groups in total. The Labute approximate surface area is 234 Å². The Balaban J connectivity index is 1.20. The molecule has 2 aromatic heterocycles. The molecule has 204 valence electrons. The summed E-state index contributed by atoms with van der Waals surface area (Å²) < 4.78 is 0. The number of aromatic nitrogens is 4. The molecule has 0 aliphatic rings. The lowest BCUT2D eigenvalue weighted by Crippen LogP contribution is -2.37. The summed E-state index contributed by atoms with van der Waals surface area (Å²) in [5.74, 6) is -1.54. The molecule has 0 saturated carbocycles. The smallest absolute Gasteiger partial charge is 0.262 e. The van der Waals surface area contributed by atoms with E-state index in [1.54, 1.807) is 43.3 Å². The molecule has 2 heterocycles. The van der Waals surface area contributed by atoms with Crippen molar-refractivity contribution in [3.05, 3.63) is 81.8 Å². The standard InChI is InChI=1S/C27H30N6O4S2/c1-17(22(34)18-11-5-3-6-12-18)23(35)28-25-32-30-20(38-25)15-9-10-16-21-31-33-26(39-21)29-24(36)27(2,37)19-13-7-4-8-14-19/h3-8,11-14,17,22,34,37H,9-10,15-16H2,1-2H3,(H,28,32,35)(H,29,33,36). The number of unbranched alkanes of at least 4 members (excludes halogenated alkanes) is 1. The highest BCUT2D eigenvalue weighted by Gasteiger charge is 2.33. The van der Waals surface area contributed by atoms with Crippen LogP contribution in [-0.4, -0.2) is 42.4 Å². The molecule has 0 aliphatic heterocycles. The van der Waals surface area contributed by atoms with E-state index in [2.05, 4.69) is 31.0 Å². The van der Waals surface area contributed by atoms with Crippen LogP contribution in [0.3, 0.4) is 0 Å². The number of aryl methyl sites for hydroxylation is 2. The fourth-order valence-electron chi connectivity index (χ4n) is 3.78.